The van der Waals surface area contributed by atoms with Crippen LogP contribution in [0.15, 0.2) is 0 Å². The predicted octanol–water partition coefficient (Wildman–Crippen LogP) is 2.90. The summed E-state index contributed by atoms with van der Waals surface area (Å²) >= 11 is 0. The van der Waals surface area contributed by atoms with Crippen molar-refractivity contribution in [3.63, 3.8) is 0 Å². The van der Waals surface area contributed by atoms with Gasteiger partial charge in [0.1, 0.15) is 0 Å². The number of urea groups is 1. The lowest BCUT2D eigenvalue weighted by Crippen LogP contribution is -2.44. The fourth-order valence-electron chi connectivity index (χ4n) is 2.71. The van der Waals surface area contributed by atoms with Crippen LogP contribution in [0.1, 0.15) is 64.7 Å². The highest BCUT2D eigenvalue weighted by Gasteiger charge is 2.18. The molecule has 0 heterocycles. The molecule has 1 atom stereocenters. The molecule has 3 N–H and O–H groups in total. The van der Waals surface area contributed by atoms with E-state index in [2.05, 4.69) is 10.6 Å². The zero-order valence-electron chi connectivity index (χ0n) is 12.5. The molecule has 20 heavy (non-hydrogen) atoms. The second-order valence-corrected chi connectivity index (χ2v) is 5.72. The van der Waals surface area contributed by atoms with Crippen LogP contribution in [0.2, 0.25) is 0 Å². The topological polar surface area (TPSA) is 78.4 Å². The number of rotatable bonds is 6. The molecule has 0 bridgehead atoms. The molecule has 1 rings (SSSR count). The lowest BCUT2D eigenvalue weighted by Gasteiger charge is -2.21. The highest BCUT2D eigenvalue weighted by molar-refractivity contribution is 5.76. The van der Waals surface area contributed by atoms with Crippen molar-refractivity contribution in [1.29, 1.82) is 0 Å². The Morgan fingerprint density at radius 1 is 1.15 bits per heavy atom. The molecular formula is C15H28N2O3. The van der Waals surface area contributed by atoms with Gasteiger partial charge in [-0.25, -0.2) is 4.79 Å². The first-order valence-corrected chi connectivity index (χ1v) is 7.90. The van der Waals surface area contributed by atoms with E-state index < -0.39 is 11.9 Å². The lowest BCUT2D eigenvalue weighted by molar-refractivity contribution is -0.141. The van der Waals surface area contributed by atoms with E-state index in [0.29, 0.717) is 6.42 Å². The van der Waals surface area contributed by atoms with Crippen molar-refractivity contribution in [3.05, 3.63) is 0 Å². The first-order chi connectivity index (χ1) is 9.63. The number of hydrogen-bond donors (Lipinski definition) is 3. The molecule has 1 aliphatic rings. The van der Waals surface area contributed by atoms with Crippen LogP contribution in [0.5, 0.6) is 0 Å². The van der Waals surface area contributed by atoms with Gasteiger partial charge in [0.25, 0.3) is 0 Å². The molecule has 1 aliphatic carbocycles. The van der Waals surface area contributed by atoms with Crippen molar-refractivity contribution in [2.24, 2.45) is 5.92 Å². The fraction of sp³-hybridized carbons (Fsp3) is 0.867. The van der Waals surface area contributed by atoms with Gasteiger partial charge in [0.05, 0.1) is 5.92 Å². The van der Waals surface area contributed by atoms with Crippen molar-refractivity contribution in [1.82, 2.24) is 10.6 Å². The third kappa shape index (κ3) is 6.78. The summed E-state index contributed by atoms with van der Waals surface area (Å²) in [5.74, 6) is -1.32. The van der Waals surface area contributed by atoms with Gasteiger partial charge in [-0.3, -0.25) is 4.79 Å². The summed E-state index contributed by atoms with van der Waals surface area (Å²) in [4.78, 5) is 22.8. The molecule has 2 amide bonds. The van der Waals surface area contributed by atoms with Crippen molar-refractivity contribution < 1.29 is 14.7 Å². The van der Waals surface area contributed by atoms with E-state index in [1.54, 1.807) is 0 Å². The summed E-state index contributed by atoms with van der Waals surface area (Å²) in [5.41, 5.74) is 0. The van der Waals surface area contributed by atoms with Crippen LogP contribution in [-0.2, 0) is 4.79 Å². The van der Waals surface area contributed by atoms with Crippen LogP contribution < -0.4 is 10.6 Å². The zero-order chi connectivity index (χ0) is 14.8. The van der Waals surface area contributed by atoms with Gasteiger partial charge in [-0.15, -0.1) is 0 Å². The van der Waals surface area contributed by atoms with Crippen LogP contribution >= 0.6 is 0 Å². The van der Waals surface area contributed by atoms with Gasteiger partial charge in [0.15, 0.2) is 0 Å². The van der Waals surface area contributed by atoms with E-state index in [0.717, 1.165) is 19.3 Å². The minimum Gasteiger partial charge on any atom is -0.481 e. The van der Waals surface area contributed by atoms with Crippen LogP contribution in [0.4, 0.5) is 4.79 Å². The molecule has 0 spiro atoms. The molecule has 1 saturated carbocycles. The van der Waals surface area contributed by atoms with Gasteiger partial charge >= 0.3 is 12.0 Å². The second kappa shape index (κ2) is 9.61. The summed E-state index contributed by atoms with van der Waals surface area (Å²) in [5, 5.41) is 14.7. The Bertz CT molecular complexity index is 299. The monoisotopic (exact) mass is 284 g/mol. The molecule has 0 aromatic rings. The first-order valence-electron chi connectivity index (χ1n) is 7.90. The number of carboxylic acids is 1. The van der Waals surface area contributed by atoms with E-state index >= 15 is 0 Å². The van der Waals surface area contributed by atoms with Gasteiger partial charge in [0, 0.05) is 12.6 Å². The smallest absolute Gasteiger partial charge is 0.315 e. The third-order valence-electron chi connectivity index (χ3n) is 3.94. The van der Waals surface area contributed by atoms with Crippen molar-refractivity contribution in [3.8, 4) is 0 Å². The maximum atomic E-state index is 11.8. The number of carboxylic acid groups (broad SMARTS) is 1. The van der Waals surface area contributed by atoms with Gasteiger partial charge in [0.2, 0.25) is 0 Å². The van der Waals surface area contributed by atoms with Crippen LogP contribution in [0, 0.1) is 5.92 Å². The molecule has 0 saturated heterocycles. The SMILES string of the molecule is CCCC(CNC(=O)NC1CCCCCCC1)C(=O)O. The van der Waals surface area contributed by atoms with Gasteiger partial charge in [-0.1, -0.05) is 45.4 Å². The third-order valence-corrected chi connectivity index (χ3v) is 3.94. The number of hydrogen-bond acceptors (Lipinski definition) is 2. The van der Waals surface area contributed by atoms with Crippen molar-refractivity contribution in [2.45, 2.75) is 70.8 Å². The number of nitrogens with one attached hydrogen (secondary N) is 2. The molecule has 0 aromatic carbocycles. The highest BCUT2D eigenvalue weighted by atomic mass is 16.4. The molecule has 0 aromatic heterocycles. The minimum absolute atomic E-state index is 0.210. The van der Waals surface area contributed by atoms with Crippen LogP contribution in [0.25, 0.3) is 0 Å². The summed E-state index contributed by atoms with van der Waals surface area (Å²) in [6.45, 7) is 2.16. The Kier molecular flexibility index (Phi) is 8.07. The standard InChI is InChI=1S/C15H28N2O3/c1-2-8-12(14(18)19)11-16-15(20)17-13-9-6-4-3-5-7-10-13/h12-13H,2-11H2,1H3,(H,18,19)(H2,16,17,20). The Balaban J connectivity index is 2.28. The van der Waals surface area contributed by atoms with Gasteiger partial charge < -0.3 is 15.7 Å². The summed E-state index contributed by atoms with van der Waals surface area (Å²) in [7, 11) is 0. The Labute approximate surface area is 121 Å². The Hall–Kier alpha value is -1.26. The number of carbonyl (C=O) groups excluding carboxylic acids is 1. The highest BCUT2D eigenvalue weighted by Crippen LogP contribution is 2.16. The van der Waals surface area contributed by atoms with Crippen LogP contribution in [0.3, 0.4) is 0 Å². The molecule has 1 unspecified atom stereocenters. The zero-order valence-corrected chi connectivity index (χ0v) is 12.5. The first kappa shape index (κ1) is 16.8. The van der Waals surface area contributed by atoms with Crippen LogP contribution in [-0.4, -0.2) is 29.7 Å². The molecule has 5 heteroatoms. The Morgan fingerprint density at radius 3 is 2.30 bits per heavy atom. The van der Waals surface area contributed by atoms with E-state index in [1.165, 1.54) is 32.1 Å². The number of carbonyl (C=O) groups is 2. The predicted molar refractivity (Wildman–Crippen MR) is 78.7 cm³/mol. The second-order valence-electron chi connectivity index (χ2n) is 5.72. The fourth-order valence-corrected chi connectivity index (χ4v) is 2.71. The lowest BCUT2D eigenvalue weighted by atomic mass is 9.97. The number of aliphatic carboxylic acids is 1. The van der Waals surface area contributed by atoms with E-state index in [1.807, 2.05) is 6.92 Å². The maximum absolute atomic E-state index is 11.8. The molecular weight excluding hydrogens is 256 g/mol. The van der Waals surface area contributed by atoms with E-state index in [4.69, 9.17) is 5.11 Å². The van der Waals surface area contributed by atoms with Gasteiger partial charge in [-0.2, -0.15) is 0 Å². The summed E-state index contributed by atoms with van der Waals surface area (Å²) < 4.78 is 0. The van der Waals surface area contributed by atoms with Gasteiger partial charge in [-0.05, 0) is 19.3 Å². The summed E-state index contributed by atoms with van der Waals surface area (Å²) in [6.07, 6.45) is 9.60. The summed E-state index contributed by atoms with van der Waals surface area (Å²) in [6, 6.07) is 0.0164. The van der Waals surface area contributed by atoms with Crippen molar-refractivity contribution >= 4 is 12.0 Å². The molecule has 116 valence electrons. The molecule has 1 fully saturated rings. The van der Waals surface area contributed by atoms with E-state index in [9.17, 15) is 9.59 Å². The average molecular weight is 284 g/mol. The quantitative estimate of drug-likeness (QED) is 0.701. The molecule has 0 aliphatic heterocycles. The molecule has 0 radical (unpaired) electrons. The van der Waals surface area contributed by atoms with E-state index in [-0.39, 0.29) is 18.6 Å². The Morgan fingerprint density at radius 2 is 1.75 bits per heavy atom. The normalized spacial score (nSPS) is 18.6. The minimum atomic E-state index is -0.835. The molecule has 5 nitrogen and oxygen atoms in total. The average Bonchev–Trinajstić information content (AvgIpc) is 2.37. The largest absolute Gasteiger partial charge is 0.481 e. The number of amides is 2. The maximum Gasteiger partial charge on any atom is 0.315 e. The van der Waals surface area contributed by atoms with Crippen molar-refractivity contribution in [2.75, 3.05) is 6.54 Å².